The summed E-state index contributed by atoms with van der Waals surface area (Å²) < 4.78 is 5.41. The first-order chi connectivity index (χ1) is 13.8. The Kier molecular flexibility index (Phi) is 4.31. The molecule has 0 fully saturated rings. The van der Waals surface area contributed by atoms with Crippen LogP contribution in [0, 0.1) is 11.8 Å². The van der Waals surface area contributed by atoms with E-state index in [0.29, 0.717) is 18.4 Å². The van der Waals surface area contributed by atoms with Crippen molar-refractivity contribution in [1.82, 2.24) is 5.32 Å². The van der Waals surface area contributed by atoms with Gasteiger partial charge in [0.2, 0.25) is 5.91 Å². The van der Waals surface area contributed by atoms with Crippen LogP contribution >= 0.6 is 0 Å². The van der Waals surface area contributed by atoms with E-state index < -0.39 is 0 Å². The van der Waals surface area contributed by atoms with Crippen molar-refractivity contribution in [2.45, 2.75) is 38.1 Å². The molecule has 0 radical (unpaired) electrons. The van der Waals surface area contributed by atoms with E-state index >= 15 is 0 Å². The van der Waals surface area contributed by atoms with E-state index in [1.807, 2.05) is 12.1 Å². The molecule has 0 saturated carbocycles. The zero-order valence-corrected chi connectivity index (χ0v) is 16.1. The summed E-state index contributed by atoms with van der Waals surface area (Å²) in [5, 5.41) is 3.16. The van der Waals surface area contributed by atoms with Gasteiger partial charge in [0.1, 0.15) is 5.76 Å². The van der Waals surface area contributed by atoms with Gasteiger partial charge in [-0.25, -0.2) is 0 Å². The van der Waals surface area contributed by atoms with Crippen LogP contribution < -0.4 is 5.32 Å². The number of carbonyl (C=O) groups is 1. The largest absolute Gasteiger partial charge is 0.467 e. The van der Waals surface area contributed by atoms with E-state index in [1.54, 1.807) is 6.26 Å². The van der Waals surface area contributed by atoms with E-state index in [1.165, 1.54) is 22.3 Å². The monoisotopic (exact) mass is 371 g/mol. The Labute approximate surface area is 165 Å². The van der Waals surface area contributed by atoms with E-state index in [4.69, 9.17) is 4.42 Å². The normalized spacial score (nSPS) is 24.5. The number of rotatable bonds is 5. The molecule has 0 spiro atoms. The van der Waals surface area contributed by atoms with Crippen molar-refractivity contribution in [3.63, 3.8) is 0 Å². The molecule has 3 heteroatoms. The lowest BCUT2D eigenvalue weighted by molar-refractivity contribution is -0.128. The lowest BCUT2D eigenvalue weighted by Gasteiger charge is -2.50. The molecule has 142 valence electrons. The Bertz CT molecular complexity index is 944. The number of fused-ring (bicyclic) bond motifs is 1. The average Bonchev–Trinajstić information content (AvgIpc) is 3.26. The van der Waals surface area contributed by atoms with Crippen molar-refractivity contribution >= 4 is 5.91 Å². The van der Waals surface area contributed by atoms with Crippen LogP contribution in [0.4, 0.5) is 0 Å². The quantitative estimate of drug-likeness (QED) is 0.668. The molecular weight excluding hydrogens is 346 g/mol. The fourth-order valence-corrected chi connectivity index (χ4v) is 5.52. The molecule has 3 aliphatic rings. The highest BCUT2D eigenvalue weighted by Gasteiger charge is 2.51. The molecule has 28 heavy (non-hydrogen) atoms. The van der Waals surface area contributed by atoms with Crippen LogP contribution in [0.5, 0.6) is 0 Å². The molecule has 1 aromatic heterocycles. The van der Waals surface area contributed by atoms with Gasteiger partial charge in [-0.2, -0.15) is 0 Å². The first-order valence-corrected chi connectivity index (χ1v) is 10.3. The number of furan rings is 1. The van der Waals surface area contributed by atoms with Gasteiger partial charge in [-0.15, -0.1) is 0 Å². The minimum Gasteiger partial charge on any atom is -0.467 e. The van der Waals surface area contributed by atoms with Gasteiger partial charge in [0.15, 0.2) is 0 Å². The van der Waals surface area contributed by atoms with Crippen LogP contribution in [0.3, 0.4) is 0 Å². The highest BCUT2D eigenvalue weighted by Crippen LogP contribution is 2.59. The number of hydrogen-bond donors (Lipinski definition) is 1. The lowest BCUT2D eigenvalue weighted by atomic mass is 9.53. The molecule has 2 atom stereocenters. The molecule has 0 unspecified atom stereocenters. The molecule has 3 aromatic rings. The molecule has 3 nitrogen and oxygen atoms in total. The van der Waals surface area contributed by atoms with Gasteiger partial charge in [-0.1, -0.05) is 61.9 Å². The van der Waals surface area contributed by atoms with Crippen LogP contribution in [0.2, 0.25) is 0 Å². The van der Waals surface area contributed by atoms with Crippen molar-refractivity contribution in [1.29, 1.82) is 0 Å². The Balaban J connectivity index is 1.57. The summed E-state index contributed by atoms with van der Waals surface area (Å²) in [6, 6.07) is 21.2. The Morgan fingerprint density at radius 2 is 1.50 bits per heavy atom. The van der Waals surface area contributed by atoms with Gasteiger partial charge in [0, 0.05) is 11.8 Å². The summed E-state index contributed by atoms with van der Waals surface area (Å²) in [5.74, 6) is 1.67. The number of amides is 1. The Hall–Kier alpha value is -2.81. The molecule has 2 aromatic carbocycles. The van der Waals surface area contributed by atoms with Gasteiger partial charge in [-0.05, 0) is 46.7 Å². The van der Waals surface area contributed by atoms with Gasteiger partial charge >= 0.3 is 0 Å². The topological polar surface area (TPSA) is 42.2 Å². The summed E-state index contributed by atoms with van der Waals surface area (Å²) in [7, 11) is 0. The van der Waals surface area contributed by atoms with E-state index in [-0.39, 0.29) is 17.7 Å². The average molecular weight is 371 g/mol. The number of nitrogens with one attached hydrogen (secondary N) is 1. The Morgan fingerprint density at radius 3 is 2.04 bits per heavy atom. The predicted octanol–water partition coefficient (Wildman–Crippen LogP) is 5.22. The fourth-order valence-electron chi connectivity index (χ4n) is 5.52. The molecule has 0 saturated heterocycles. The van der Waals surface area contributed by atoms with Gasteiger partial charge in [0.05, 0.1) is 18.7 Å². The van der Waals surface area contributed by atoms with Gasteiger partial charge < -0.3 is 9.73 Å². The standard InChI is InChI=1S/C25H25NO2/c1-2-8-21-22-17-10-3-5-12-19(17)23(20-13-6-4-11-18(20)22)24(21)25(27)26-15-16-9-7-14-28-16/h3-7,9-14,21-24H,2,8,15H2,1H3,(H,26,27)/t21-,22?,23?,24-/m1/s1. The van der Waals surface area contributed by atoms with Crippen molar-refractivity contribution in [2.24, 2.45) is 11.8 Å². The second kappa shape index (κ2) is 6.97. The number of carbonyl (C=O) groups excluding carboxylic acids is 1. The predicted molar refractivity (Wildman–Crippen MR) is 109 cm³/mol. The summed E-state index contributed by atoms with van der Waals surface area (Å²) in [6.45, 7) is 2.67. The highest BCUT2D eigenvalue weighted by atomic mass is 16.3. The molecule has 0 aliphatic heterocycles. The first-order valence-electron chi connectivity index (χ1n) is 10.3. The summed E-state index contributed by atoms with van der Waals surface area (Å²) in [6.07, 6.45) is 3.79. The maximum atomic E-state index is 13.4. The first kappa shape index (κ1) is 17.3. The second-order valence-corrected chi connectivity index (χ2v) is 7.99. The summed E-state index contributed by atoms with van der Waals surface area (Å²) >= 11 is 0. The molecule has 3 aliphatic carbocycles. The molecule has 1 N–H and O–H groups in total. The fraction of sp³-hybridized carbons (Fsp3) is 0.320. The zero-order chi connectivity index (χ0) is 19.1. The summed E-state index contributed by atoms with van der Waals surface area (Å²) in [5.41, 5.74) is 5.49. The van der Waals surface area contributed by atoms with E-state index in [2.05, 4.69) is 60.8 Å². The molecule has 1 heterocycles. The Morgan fingerprint density at radius 1 is 0.893 bits per heavy atom. The molecule has 1 amide bonds. The lowest BCUT2D eigenvalue weighted by Crippen LogP contribution is -2.47. The van der Waals surface area contributed by atoms with Crippen molar-refractivity contribution < 1.29 is 9.21 Å². The van der Waals surface area contributed by atoms with Crippen LogP contribution in [0.15, 0.2) is 71.3 Å². The minimum atomic E-state index is -0.0373. The van der Waals surface area contributed by atoms with E-state index in [0.717, 1.165) is 18.6 Å². The highest BCUT2D eigenvalue weighted by molar-refractivity contribution is 5.83. The van der Waals surface area contributed by atoms with Crippen molar-refractivity contribution in [3.8, 4) is 0 Å². The smallest absolute Gasteiger partial charge is 0.224 e. The van der Waals surface area contributed by atoms with Crippen LogP contribution in [-0.2, 0) is 11.3 Å². The number of hydrogen-bond acceptors (Lipinski definition) is 2. The zero-order valence-electron chi connectivity index (χ0n) is 16.1. The van der Waals surface area contributed by atoms with Crippen molar-refractivity contribution in [2.75, 3.05) is 0 Å². The second-order valence-electron chi connectivity index (χ2n) is 7.99. The summed E-state index contributed by atoms with van der Waals surface area (Å²) in [4.78, 5) is 13.4. The van der Waals surface area contributed by atoms with Crippen LogP contribution in [-0.4, -0.2) is 5.91 Å². The molecule has 2 bridgehead atoms. The van der Waals surface area contributed by atoms with Gasteiger partial charge in [-0.3, -0.25) is 4.79 Å². The van der Waals surface area contributed by atoms with Crippen LogP contribution in [0.1, 0.15) is 59.6 Å². The maximum absolute atomic E-state index is 13.4. The molecule has 6 rings (SSSR count). The number of benzene rings is 2. The van der Waals surface area contributed by atoms with Crippen LogP contribution in [0.25, 0.3) is 0 Å². The van der Waals surface area contributed by atoms with Gasteiger partial charge in [0.25, 0.3) is 0 Å². The maximum Gasteiger partial charge on any atom is 0.224 e. The van der Waals surface area contributed by atoms with Crippen molar-refractivity contribution in [3.05, 3.63) is 94.9 Å². The molecular formula is C25H25NO2. The third-order valence-electron chi connectivity index (χ3n) is 6.52. The third kappa shape index (κ3) is 2.61. The SMILES string of the molecule is CCC[C@@H]1C2c3ccccc3C(c3ccccc32)[C@@H]1C(=O)NCc1ccco1. The third-order valence-corrected chi connectivity index (χ3v) is 6.52. The van der Waals surface area contributed by atoms with E-state index in [9.17, 15) is 4.79 Å². The minimum absolute atomic E-state index is 0.0373.